The maximum atomic E-state index is 12.6. The second kappa shape index (κ2) is 23.1. The SMILES string of the molecule is CC(C)(C)c1ccc2c(c1)-c1cc(C(C)(C)C)ccc1C2=O.CC(C)(C)c1ccc2c(c1)CCc1cc(C(C)(C)C)ccc1-2.CC(C)(C)c1ccc2c(c1)sc1cc(C(C)(C)C)ccc12.CC(C)(C)c1ccc2ccc3ccc(C(C)(C)C)cc3c2c1. The molecule has 1 aromatic heterocycles. The second-order valence-electron chi connectivity index (χ2n) is 33.6. The first-order valence-corrected chi connectivity index (χ1v) is 33.0. The van der Waals surface area contributed by atoms with Gasteiger partial charge >= 0.3 is 0 Å². The summed E-state index contributed by atoms with van der Waals surface area (Å²) >= 11 is 1.92. The molecule has 2 heteroatoms. The molecule has 2 aliphatic rings. The van der Waals surface area contributed by atoms with E-state index in [2.05, 4.69) is 312 Å². The number of carbonyl (C=O) groups is 1. The first-order chi connectivity index (χ1) is 40.1. The van der Waals surface area contributed by atoms with Gasteiger partial charge < -0.3 is 0 Å². The summed E-state index contributed by atoms with van der Waals surface area (Å²) in [6, 6.07) is 58.9. The van der Waals surface area contributed by atoms with Crippen molar-refractivity contribution in [3.05, 3.63) is 224 Å². The lowest BCUT2D eigenvalue weighted by Gasteiger charge is -2.27. The van der Waals surface area contributed by atoms with Crippen LogP contribution in [0.15, 0.2) is 158 Å². The molecule has 1 heterocycles. The Labute approximate surface area is 529 Å². The number of hydrogen-bond donors (Lipinski definition) is 0. The van der Waals surface area contributed by atoms with Gasteiger partial charge in [-0.15, -0.1) is 11.3 Å². The highest BCUT2D eigenvalue weighted by Gasteiger charge is 2.30. The van der Waals surface area contributed by atoms with Gasteiger partial charge in [0, 0.05) is 31.3 Å². The van der Waals surface area contributed by atoms with E-state index in [0.717, 1.165) is 22.3 Å². The van der Waals surface area contributed by atoms with Crippen molar-refractivity contribution in [3.8, 4) is 22.3 Å². The van der Waals surface area contributed by atoms with E-state index in [1.165, 1.54) is 121 Å². The Morgan fingerprint density at radius 3 is 0.793 bits per heavy atom. The number of hydrogen-bond acceptors (Lipinski definition) is 2. The molecular formula is C85H102OS. The smallest absolute Gasteiger partial charge is 0.194 e. The van der Waals surface area contributed by atoms with Crippen LogP contribution in [0.25, 0.3) is 64.0 Å². The van der Waals surface area contributed by atoms with Crippen LogP contribution in [-0.4, -0.2) is 5.78 Å². The minimum atomic E-state index is 0.0858. The molecule has 0 saturated carbocycles. The zero-order valence-electron chi connectivity index (χ0n) is 57.7. The number of benzene rings is 9. The van der Waals surface area contributed by atoms with Crippen molar-refractivity contribution in [1.82, 2.24) is 0 Å². The summed E-state index contributed by atoms with van der Waals surface area (Å²) in [6.45, 7) is 54.3. The van der Waals surface area contributed by atoms with Gasteiger partial charge in [0.05, 0.1) is 0 Å². The summed E-state index contributed by atoms with van der Waals surface area (Å²) in [5, 5.41) is 8.18. The fourth-order valence-electron chi connectivity index (χ4n) is 12.0. The lowest BCUT2D eigenvalue weighted by Crippen LogP contribution is -2.15. The molecule has 1 nitrogen and oxygen atoms in total. The van der Waals surface area contributed by atoms with Gasteiger partial charge in [-0.05, 0) is 180 Å². The van der Waals surface area contributed by atoms with Crippen molar-refractivity contribution < 1.29 is 4.79 Å². The molecule has 12 rings (SSSR count). The van der Waals surface area contributed by atoms with Crippen LogP contribution in [0, 0.1) is 0 Å². The summed E-state index contributed by atoms with van der Waals surface area (Å²) in [6.07, 6.45) is 2.33. The summed E-state index contributed by atoms with van der Waals surface area (Å²) in [4.78, 5) is 12.6. The normalized spacial score (nSPS) is 13.7. The van der Waals surface area contributed by atoms with Crippen LogP contribution in [0.1, 0.15) is 238 Å². The van der Waals surface area contributed by atoms with Crippen LogP contribution < -0.4 is 0 Å². The Hall–Kier alpha value is -6.61. The lowest BCUT2D eigenvalue weighted by atomic mass is 9.78. The Morgan fingerprint density at radius 1 is 0.241 bits per heavy atom. The number of aryl methyl sites for hydroxylation is 2. The third-order valence-electron chi connectivity index (χ3n) is 18.2. The van der Waals surface area contributed by atoms with Crippen molar-refractivity contribution in [2.24, 2.45) is 0 Å². The molecule has 10 aromatic rings. The van der Waals surface area contributed by atoms with Crippen LogP contribution in [0.5, 0.6) is 0 Å². The topological polar surface area (TPSA) is 17.1 Å². The van der Waals surface area contributed by atoms with E-state index in [0.29, 0.717) is 0 Å². The largest absolute Gasteiger partial charge is 0.289 e. The van der Waals surface area contributed by atoms with E-state index in [1.54, 1.807) is 0 Å². The van der Waals surface area contributed by atoms with E-state index in [1.807, 2.05) is 23.5 Å². The first-order valence-electron chi connectivity index (χ1n) is 32.1. The van der Waals surface area contributed by atoms with Gasteiger partial charge in [-0.2, -0.15) is 0 Å². The van der Waals surface area contributed by atoms with Crippen LogP contribution in [0.2, 0.25) is 0 Å². The molecule has 2 aliphatic carbocycles. The molecule has 9 aromatic carbocycles. The molecule has 0 N–H and O–H groups in total. The third-order valence-corrected chi connectivity index (χ3v) is 19.3. The number of ketones is 1. The molecule has 87 heavy (non-hydrogen) atoms. The highest BCUT2D eigenvalue weighted by Crippen LogP contribution is 2.44. The molecule has 0 amide bonds. The van der Waals surface area contributed by atoms with Crippen LogP contribution in [0.3, 0.4) is 0 Å². The fraction of sp³-hybridized carbons (Fsp3) is 0.400. The van der Waals surface area contributed by atoms with E-state index in [4.69, 9.17) is 0 Å². The van der Waals surface area contributed by atoms with Gasteiger partial charge in [-0.1, -0.05) is 300 Å². The monoisotopic (exact) mass is 1170 g/mol. The Balaban J connectivity index is 0.000000138. The van der Waals surface area contributed by atoms with Crippen molar-refractivity contribution in [2.45, 2.75) is 222 Å². The average molecular weight is 1170 g/mol. The highest BCUT2D eigenvalue weighted by molar-refractivity contribution is 7.25. The molecule has 0 saturated heterocycles. The third kappa shape index (κ3) is 14.1. The molecule has 454 valence electrons. The molecule has 0 spiro atoms. The molecule has 0 bridgehead atoms. The van der Waals surface area contributed by atoms with Crippen molar-refractivity contribution in [1.29, 1.82) is 0 Å². The van der Waals surface area contributed by atoms with Gasteiger partial charge in [-0.3, -0.25) is 4.79 Å². The average Bonchev–Trinajstić information content (AvgIpc) is 1.79. The van der Waals surface area contributed by atoms with Crippen molar-refractivity contribution >= 4 is 58.8 Å². The Morgan fingerprint density at radius 2 is 0.483 bits per heavy atom. The molecule has 0 aliphatic heterocycles. The quantitative estimate of drug-likeness (QED) is 0.138. The number of fused-ring (bicyclic) bond motifs is 12. The zero-order chi connectivity index (χ0) is 63.9. The number of carbonyl (C=O) groups excluding carboxylic acids is 1. The number of thiophene rings is 1. The van der Waals surface area contributed by atoms with Gasteiger partial charge in [0.1, 0.15) is 0 Å². The zero-order valence-corrected chi connectivity index (χ0v) is 58.6. The summed E-state index contributed by atoms with van der Waals surface area (Å²) in [5.41, 5.74) is 22.2. The van der Waals surface area contributed by atoms with Gasteiger partial charge in [0.15, 0.2) is 5.78 Å². The van der Waals surface area contributed by atoms with E-state index in [9.17, 15) is 4.79 Å². The minimum Gasteiger partial charge on any atom is -0.289 e. The number of rotatable bonds is 0. The van der Waals surface area contributed by atoms with Gasteiger partial charge in [0.25, 0.3) is 0 Å². The maximum Gasteiger partial charge on any atom is 0.194 e. The highest BCUT2D eigenvalue weighted by atomic mass is 32.1. The molecule has 0 unspecified atom stereocenters. The maximum absolute atomic E-state index is 12.6. The Kier molecular flexibility index (Phi) is 17.2. The van der Waals surface area contributed by atoms with Crippen molar-refractivity contribution in [2.75, 3.05) is 0 Å². The fourth-order valence-corrected chi connectivity index (χ4v) is 13.2. The lowest BCUT2D eigenvalue weighted by molar-refractivity contribution is 0.104. The standard InChI is InChI=1S/C22H28.C22H26.C21H24O.C20H24S/c1-21(2,3)17-9-11-19-15(13-17)7-8-16-14-18(22(4,5)6)10-12-20(16)19;1-21(2,3)17-11-9-15-7-8-16-10-12-18(22(4,5)6)14-20(16)19(15)13-17;1-20(2,3)13-7-9-15-17(11-13)18-12-14(21(4,5)6)8-10-16(18)19(15)22;1-19(2,3)13-7-9-15-16-10-8-14(20(4,5)6)12-18(16)21-17(15)11-13/h9-14H,7-8H2,1-6H3;7-14H,1-6H3;7-12H,1-6H3;7-12H,1-6H3. The predicted molar refractivity (Wildman–Crippen MR) is 385 cm³/mol. The summed E-state index contributed by atoms with van der Waals surface area (Å²) < 4.78 is 2.81. The summed E-state index contributed by atoms with van der Waals surface area (Å²) in [7, 11) is 0. The molecular weight excluding hydrogens is 1070 g/mol. The molecule has 0 fully saturated rings. The minimum absolute atomic E-state index is 0.0858. The van der Waals surface area contributed by atoms with Crippen LogP contribution >= 0.6 is 11.3 Å². The molecule has 0 atom stereocenters. The Bertz CT molecular complexity index is 3950. The van der Waals surface area contributed by atoms with Gasteiger partial charge in [0.2, 0.25) is 0 Å². The van der Waals surface area contributed by atoms with Crippen molar-refractivity contribution in [3.63, 3.8) is 0 Å². The van der Waals surface area contributed by atoms with E-state index >= 15 is 0 Å². The van der Waals surface area contributed by atoms with E-state index in [-0.39, 0.29) is 49.1 Å². The predicted octanol–water partition coefficient (Wildman–Crippen LogP) is 24.8. The second-order valence-corrected chi connectivity index (χ2v) is 34.6. The first kappa shape index (κ1) is 64.9. The van der Waals surface area contributed by atoms with Gasteiger partial charge in [-0.25, -0.2) is 0 Å². The van der Waals surface area contributed by atoms with Crippen LogP contribution in [0.4, 0.5) is 0 Å². The van der Waals surface area contributed by atoms with Crippen LogP contribution in [-0.2, 0) is 56.2 Å². The molecule has 0 radical (unpaired) electrons. The van der Waals surface area contributed by atoms with E-state index < -0.39 is 0 Å². The summed E-state index contributed by atoms with van der Waals surface area (Å²) in [5.74, 6) is 0.158.